The number of halogens is 1. The molecular formula is C7H15BrO2. The third kappa shape index (κ3) is 8.40. The van der Waals surface area contributed by atoms with E-state index in [1.54, 1.807) is 0 Å². The number of hydrogen-bond donors (Lipinski definition) is 1. The second-order valence-corrected chi connectivity index (χ2v) is 2.76. The van der Waals surface area contributed by atoms with Crippen LogP contribution in [0, 0.1) is 0 Å². The third-order valence-electron chi connectivity index (χ3n) is 1.38. The highest BCUT2D eigenvalue weighted by molar-refractivity contribution is 9.06. The van der Waals surface area contributed by atoms with E-state index in [9.17, 15) is 0 Å². The van der Waals surface area contributed by atoms with Gasteiger partial charge in [-0.15, -0.1) is 0 Å². The van der Waals surface area contributed by atoms with Crippen LogP contribution >= 0.6 is 16.3 Å². The highest BCUT2D eigenvalue weighted by atomic mass is 79.9. The molecule has 0 aromatic carbocycles. The van der Waals surface area contributed by atoms with Gasteiger partial charge in [0.2, 0.25) is 0 Å². The molecule has 0 atom stereocenters. The Kier molecular flexibility index (Phi) is 9.78. The van der Waals surface area contributed by atoms with Gasteiger partial charge in [0.05, 0.1) is 22.9 Å². The number of rotatable bonds is 7. The molecular weight excluding hydrogens is 196 g/mol. The van der Waals surface area contributed by atoms with Gasteiger partial charge in [0.1, 0.15) is 0 Å². The zero-order valence-corrected chi connectivity index (χ0v) is 7.77. The molecule has 0 unspecified atom stereocenters. The van der Waals surface area contributed by atoms with Crippen molar-refractivity contribution in [1.82, 2.24) is 0 Å². The van der Waals surface area contributed by atoms with Crippen LogP contribution in [0.1, 0.15) is 32.1 Å². The van der Waals surface area contributed by atoms with Crippen molar-refractivity contribution in [2.75, 3.05) is 13.2 Å². The van der Waals surface area contributed by atoms with Gasteiger partial charge in [0.15, 0.2) is 0 Å². The summed E-state index contributed by atoms with van der Waals surface area (Å²) in [6.07, 6.45) is 5.59. The maximum Gasteiger partial charge on any atom is 0.0987 e. The second-order valence-electron chi connectivity index (χ2n) is 2.30. The molecule has 2 nitrogen and oxygen atoms in total. The van der Waals surface area contributed by atoms with Crippen LogP contribution < -0.4 is 0 Å². The first-order valence-electron chi connectivity index (χ1n) is 3.76. The van der Waals surface area contributed by atoms with Gasteiger partial charge in [0, 0.05) is 6.61 Å². The van der Waals surface area contributed by atoms with Crippen molar-refractivity contribution in [2.24, 2.45) is 0 Å². The van der Waals surface area contributed by atoms with E-state index in [-0.39, 0.29) is 0 Å². The summed E-state index contributed by atoms with van der Waals surface area (Å²) in [7, 11) is 0. The Bertz CT molecular complexity index is 51.6. The quantitative estimate of drug-likeness (QED) is 0.654. The summed E-state index contributed by atoms with van der Waals surface area (Å²) in [6, 6.07) is 0. The molecule has 0 bridgehead atoms. The Balaban J connectivity index is 2.65. The minimum Gasteiger partial charge on any atom is -0.396 e. The molecule has 0 heterocycles. The van der Waals surface area contributed by atoms with Crippen molar-refractivity contribution in [2.45, 2.75) is 32.1 Å². The molecule has 0 aromatic rings. The summed E-state index contributed by atoms with van der Waals surface area (Å²) in [6.45, 7) is 1.12. The molecule has 0 aliphatic heterocycles. The molecule has 0 aliphatic carbocycles. The van der Waals surface area contributed by atoms with Crippen LogP contribution in [-0.4, -0.2) is 18.3 Å². The van der Waals surface area contributed by atoms with Crippen LogP contribution in [0.4, 0.5) is 0 Å². The molecule has 0 spiro atoms. The number of aliphatic hydroxyl groups excluding tert-OH is 1. The number of hydrogen-bond acceptors (Lipinski definition) is 2. The average Bonchev–Trinajstić information content (AvgIpc) is 1.97. The van der Waals surface area contributed by atoms with Gasteiger partial charge in [-0.3, -0.25) is 0 Å². The van der Waals surface area contributed by atoms with E-state index in [2.05, 4.69) is 16.3 Å². The van der Waals surface area contributed by atoms with Crippen LogP contribution in [0.25, 0.3) is 0 Å². The lowest BCUT2D eigenvalue weighted by molar-refractivity contribution is 0.281. The van der Waals surface area contributed by atoms with Gasteiger partial charge >= 0.3 is 0 Å². The van der Waals surface area contributed by atoms with E-state index in [1.165, 1.54) is 12.8 Å². The molecule has 0 rings (SSSR count). The summed E-state index contributed by atoms with van der Waals surface area (Å²) in [5.74, 6) is 0. The third-order valence-corrected chi connectivity index (χ3v) is 1.70. The highest BCUT2D eigenvalue weighted by Crippen LogP contribution is 2.03. The van der Waals surface area contributed by atoms with E-state index < -0.39 is 0 Å². The van der Waals surface area contributed by atoms with Crippen molar-refractivity contribution in [3.05, 3.63) is 0 Å². The van der Waals surface area contributed by atoms with E-state index in [4.69, 9.17) is 8.93 Å². The molecule has 0 fully saturated rings. The summed E-state index contributed by atoms with van der Waals surface area (Å²) >= 11 is 2.89. The molecule has 3 heteroatoms. The monoisotopic (exact) mass is 210 g/mol. The standard InChI is InChI=1S/C7H15BrO2/c8-10-7-5-3-1-2-4-6-9/h9H,1-7H2. The van der Waals surface area contributed by atoms with E-state index >= 15 is 0 Å². The Hall–Kier alpha value is 0.400. The van der Waals surface area contributed by atoms with E-state index in [0.717, 1.165) is 25.9 Å². The SMILES string of the molecule is OCCCCCCCOBr. The fourth-order valence-electron chi connectivity index (χ4n) is 0.799. The van der Waals surface area contributed by atoms with Crippen molar-refractivity contribution < 1.29 is 8.93 Å². The predicted octanol–water partition coefficient (Wildman–Crippen LogP) is 2.26. The molecule has 0 amide bonds. The van der Waals surface area contributed by atoms with Gasteiger partial charge < -0.3 is 8.93 Å². The van der Waals surface area contributed by atoms with Crippen LogP contribution in [-0.2, 0) is 3.83 Å². The normalized spacial score (nSPS) is 10.2. The first-order valence-corrected chi connectivity index (χ1v) is 4.41. The zero-order valence-electron chi connectivity index (χ0n) is 6.18. The van der Waals surface area contributed by atoms with Crippen LogP contribution in [0.3, 0.4) is 0 Å². The number of unbranched alkanes of at least 4 members (excludes halogenated alkanes) is 4. The Morgan fingerprint density at radius 3 is 2.20 bits per heavy atom. The Morgan fingerprint density at radius 2 is 1.60 bits per heavy atom. The smallest absolute Gasteiger partial charge is 0.0987 e. The van der Waals surface area contributed by atoms with Crippen molar-refractivity contribution >= 4 is 16.3 Å². The lowest BCUT2D eigenvalue weighted by Crippen LogP contribution is -1.86. The molecule has 0 radical (unpaired) electrons. The molecule has 0 saturated heterocycles. The summed E-state index contributed by atoms with van der Waals surface area (Å²) in [5.41, 5.74) is 0. The van der Waals surface area contributed by atoms with Crippen molar-refractivity contribution in [1.29, 1.82) is 0 Å². The largest absolute Gasteiger partial charge is 0.396 e. The van der Waals surface area contributed by atoms with Gasteiger partial charge in [-0.1, -0.05) is 19.3 Å². The molecule has 0 aromatic heterocycles. The van der Waals surface area contributed by atoms with Crippen LogP contribution in [0.5, 0.6) is 0 Å². The van der Waals surface area contributed by atoms with E-state index in [1.807, 2.05) is 0 Å². The van der Waals surface area contributed by atoms with Gasteiger partial charge in [-0.2, -0.15) is 0 Å². The van der Waals surface area contributed by atoms with Crippen LogP contribution in [0.15, 0.2) is 0 Å². The minimum absolute atomic E-state index is 0.328. The number of aliphatic hydroxyl groups is 1. The fourth-order valence-corrected chi connectivity index (χ4v) is 1.03. The maximum absolute atomic E-state index is 8.44. The second kappa shape index (κ2) is 9.40. The Labute approximate surface area is 71.0 Å². The first kappa shape index (κ1) is 10.4. The lowest BCUT2D eigenvalue weighted by atomic mass is 10.2. The fraction of sp³-hybridized carbons (Fsp3) is 1.00. The van der Waals surface area contributed by atoms with Crippen molar-refractivity contribution in [3.8, 4) is 0 Å². The highest BCUT2D eigenvalue weighted by Gasteiger charge is 1.88. The van der Waals surface area contributed by atoms with Crippen molar-refractivity contribution in [3.63, 3.8) is 0 Å². The van der Waals surface area contributed by atoms with Gasteiger partial charge in [0.25, 0.3) is 0 Å². The Morgan fingerprint density at radius 1 is 1.00 bits per heavy atom. The topological polar surface area (TPSA) is 29.5 Å². The average molecular weight is 211 g/mol. The van der Waals surface area contributed by atoms with Crippen LogP contribution in [0.2, 0.25) is 0 Å². The summed E-state index contributed by atoms with van der Waals surface area (Å²) < 4.78 is 4.71. The summed E-state index contributed by atoms with van der Waals surface area (Å²) in [4.78, 5) is 0. The van der Waals surface area contributed by atoms with E-state index in [0.29, 0.717) is 6.61 Å². The minimum atomic E-state index is 0.328. The lowest BCUT2D eigenvalue weighted by Gasteiger charge is -1.97. The summed E-state index contributed by atoms with van der Waals surface area (Å²) in [5, 5.41) is 8.44. The first-order chi connectivity index (χ1) is 4.91. The molecule has 62 valence electrons. The van der Waals surface area contributed by atoms with Gasteiger partial charge in [-0.05, 0) is 12.8 Å². The molecule has 1 N–H and O–H groups in total. The molecule has 0 aliphatic rings. The zero-order chi connectivity index (χ0) is 7.66. The molecule has 0 saturated carbocycles. The maximum atomic E-state index is 8.44. The predicted molar refractivity (Wildman–Crippen MR) is 45.0 cm³/mol. The molecule has 10 heavy (non-hydrogen) atoms. The van der Waals surface area contributed by atoms with Gasteiger partial charge in [-0.25, -0.2) is 0 Å².